The van der Waals surface area contributed by atoms with E-state index in [0.29, 0.717) is 16.9 Å². The molecule has 0 atom stereocenters. The van der Waals surface area contributed by atoms with E-state index < -0.39 is 0 Å². The fourth-order valence-electron chi connectivity index (χ4n) is 1.70. The minimum Gasteiger partial charge on any atom is -0.326 e. The van der Waals surface area contributed by atoms with Crippen LogP contribution in [0.25, 0.3) is 0 Å². The Morgan fingerprint density at radius 2 is 1.35 bits per heavy atom. The van der Waals surface area contributed by atoms with Crippen molar-refractivity contribution in [2.75, 3.05) is 10.6 Å². The molecule has 2 aromatic rings. The van der Waals surface area contributed by atoms with Crippen LogP contribution in [0.5, 0.6) is 0 Å². The second-order valence-corrected chi connectivity index (χ2v) is 4.41. The molecule has 0 aliphatic heterocycles. The van der Waals surface area contributed by atoms with Gasteiger partial charge in [-0.3, -0.25) is 9.59 Å². The van der Waals surface area contributed by atoms with Crippen LogP contribution in [-0.4, -0.2) is 11.8 Å². The quantitative estimate of drug-likeness (QED) is 0.897. The molecule has 0 aliphatic carbocycles. The van der Waals surface area contributed by atoms with Gasteiger partial charge in [0.05, 0.1) is 0 Å². The van der Waals surface area contributed by atoms with E-state index in [2.05, 4.69) is 17.6 Å². The van der Waals surface area contributed by atoms with Crippen LogP contribution in [0.4, 0.5) is 11.4 Å². The summed E-state index contributed by atoms with van der Waals surface area (Å²) < 4.78 is 0. The molecule has 0 heterocycles. The molecule has 2 N–H and O–H groups in total. The third kappa shape index (κ3) is 3.68. The zero-order valence-electron chi connectivity index (χ0n) is 11.1. The van der Waals surface area contributed by atoms with E-state index in [0.717, 1.165) is 5.56 Å². The molecule has 101 valence electrons. The highest BCUT2D eigenvalue weighted by atomic mass is 16.2. The van der Waals surface area contributed by atoms with Crippen molar-refractivity contribution in [3.8, 4) is 0 Å². The molecule has 0 saturated heterocycles. The van der Waals surface area contributed by atoms with Crippen LogP contribution in [0, 0.1) is 6.92 Å². The highest BCUT2D eigenvalue weighted by Gasteiger charge is 2.05. The number of hydrogen-bond acceptors (Lipinski definition) is 2. The maximum Gasteiger partial charge on any atom is 0.255 e. The van der Waals surface area contributed by atoms with Gasteiger partial charge in [0, 0.05) is 23.9 Å². The van der Waals surface area contributed by atoms with Crippen molar-refractivity contribution in [2.24, 2.45) is 0 Å². The average molecular weight is 267 g/mol. The summed E-state index contributed by atoms with van der Waals surface area (Å²) in [7, 11) is 0. The first-order valence-corrected chi connectivity index (χ1v) is 6.15. The van der Waals surface area contributed by atoms with Gasteiger partial charge in [-0.05, 0) is 48.9 Å². The Balaban J connectivity index is 2.04. The molecule has 0 unspecified atom stereocenters. The van der Waals surface area contributed by atoms with Crippen molar-refractivity contribution in [2.45, 2.75) is 6.92 Å². The van der Waals surface area contributed by atoms with E-state index >= 15 is 0 Å². The Hall–Kier alpha value is -2.62. The molecule has 0 aliphatic rings. The lowest BCUT2D eigenvalue weighted by Gasteiger charge is -2.07. The number of hydrogen-bond donors (Lipinski definition) is 2. The van der Waals surface area contributed by atoms with Crippen LogP contribution in [0.2, 0.25) is 0 Å². The minimum absolute atomic E-state index is 0.130. The number of amides is 2. The first kappa shape index (κ1) is 13.8. The molecule has 1 radical (unpaired) electrons. The number of nitrogens with one attached hydrogen (secondary N) is 2. The summed E-state index contributed by atoms with van der Waals surface area (Å²) in [5, 5.41) is 5.45. The maximum atomic E-state index is 12.0. The van der Waals surface area contributed by atoms with Gasteiger partial charge in [-0.25, -0.2) is 0 Å². The van der Waals surface area contributed by atoms with Gasteiger partial charge >= 0.3 is 0 Å². The van der Waals surface area contributed by atoms with Gasteiger partial charge in [-0.2, -0.15) is 0 Å². The molecule has 2 amide bonds. The summed E-state index contributed by atoms with van der Waals surface area (Å²) in [6, 6.07) is 14.0. The number of benzene rings is 2. The van der Waals surface area contributed by atoms with E-state index in [9.17, 15) is 9.59 Å². The van der Waals surface area contributed by atoms with E-state index in [4.69, 9.17) is 0 Å². The fraction of sp³-hybridized carbons (Fsp3) is 0.0625. The van der Waals surface area contributed by atoms with Gasteiger partial charge in [0.1, 0.15) is 0 Å². The minimum atomic E-state index is -0.183. The third-order valence-corrected chi connectivity index (χ3v) is 2.68. The first-order valence-electron chi connectivity index (χ1n) is 6.15. The zero-order chi connectivity index (χ0) is 14.5. The smallest absolute Gasteiger partial charge is 0.255 e. The topological polar surface area (TPSA) is 58.2 Å². The maximum absolute atomic E-state index is 12.0. The number of rotatable bonds is 3. The summed E-state index contributed by atoms with van der Waals surface area (Å²) in [6.45, 7) is 5.22. The van der Waals surface area contributed by atoms with Crippen molar-refractivity contribution >= 4 is 23.2 Å². The Labute approximate surface area is 117 Å². The van der Waals surface area contributed by atoms with Crippen molar-refractivity contribution in [3.63, 3.8) is 0 Å². The van der Waals surface area contributed by atoms with Crippen molar-refractivity contribution < 1.29 is 9.59 Å². The summed E-state index contributed by atoms with van der Waals surface area (Å²) >= 11 is 0. The lowest BCUT2D eigenvalue weighted by Crippen LogP contribution is -2.12. The Kier molecular flexibility index (Phi) is 4.15. The van der Waals surface area contributed by atoms with Crippen molar-refractivity contribution in [1.29, 1.82) is 0 Å². The summed E-state index contributed by atoms with van der Waals surface area (Å²) in [4.78, 5) is 22.9. The largest absolute Gasteiger partial charge is 0.326 e. The lowest BCUT2D eigenvalue weighted by atomic mass is 10.1. The molecule has 4 nitrogen and oxygen atoms in total. The summed E-state index contributed by atoms with van der Waals surface area (Å²) in [6.07, 6.45) is 0. The third-order valence-electron chi connectivity index (χ3n) is 2.68. The Morgan fingerprint density at radius 1 is 0.850 bits per heavy atom. The van der Waals surface area contributed by atoms with E-state index in [-0.39, 0.29) is 11.8 Å². The molecule has 0 fully saturated rings. The summed E-state index contributed by atoms with van der Waals surface area (Å²) in [5.41, 5.74) is 2.80. The number of carbonyl (C=O) groups is 2. The van der Waals surface area contributed by atoms with Gasteiger partial charge in [-0.15, -0.1) is 0 Å². The van der Waals surface area contributed by atoms with E-state index in [1.54, 1.807) is 48.5 Å². The van der Waals surface area contributed by atoms with Crippen LogP contribution in [-0.2, 0) is 4.79 Å². The van der Waals surface area contributed by atoms with Crippen LogP contribution >= 0.6 is 0 Å². The average Bonchev–Trinajstić information content (AvgIpc) is 2.41. The molecular formula is C16H15N2O2. The molecule has 2 aromatic carbocycles. The standard InChI is InChI=1S/C16H15N2O2/c1-11-3-5-13(6-4-11)16(20)18-15-9-7-14(8-10-15)17-12(2)19/h3-10H,1H2,2H3,(H,17,19)(H,18,20). The molecule has 2 rings (SSSR count). The van der Waals surface area contributed by atoms with Crippen molar-refractivity contribution in [3.05, 3.63) is 66.6 Å². The summed E-state index contributed by atoms with van der Waals surface area (Å²) in [5.74, 6) is -0.313. The van der Waals surface area contributed by atoms with Crippen LogP contribution < -0.4 is 10.6 Å². The highest BCUT2D eigenvalue weighted by Crippen LogP contribution is 2.14. The predicted octanol–water partition coefficient (Wildman–Crippen LogP) is 3.08. The van der Waals surface area contributed by atoms with Gasteiger partial charge < -0.3 is 10.6 Å². The van der Waals surface area contributed by atoms with Crippen LogP contribution in [0.3, 0.4) is 0 Å². The van der Waals surface area contributed by atoms with Gasteiger partial charge in [0.15, 0.2) is 0 Å². The molecular weight excluding hydrogens is 252 g/mol. The molecule has 0 bridgehead atoms. The molecule has 20 heavy (non-hydrogen) atoms. The van der Waals surface area contributed by atoms with Gasteiger partial charge in [-0.1, -0.05) is 12.1 Å². The molecule has 0 aromatic heterocycles. The molecule has 4 heteroatoms. The normalized spacial score (nSPS) is 9.90. The van der Waals surface area contributed by atoms with E-state index in [1.165, 1.54) is 6.92 Å². The van der Waals surface area contributed by atoms with Gasteiger partial charge in [0.25, 0.3) is 5.91 Å². The Morgan fingerprint density at radius 3 is 1.85 bits per heavy atom. The van der Waals surface area contributed by atoms with E-state index in [1.807, 2.05) is 0 Å². The van der Waals surface area contributed by atoms with Gasteiger partial charge in [0.2, 0.25) is 5.91 Å². The zero-order valence-corrected chi connectivity index (χ0v) is 11.1. The monoisotopic (exact) mass is 267 g/mol. The second-order valence-electron chi connectivity index (χ2n) is 4.41. The van der Waals surface area contributed by atoms with Crippen LogP contribution in [0.1, 0.15) is 22.8 Å². The van der Waals surface area contributed by atoms with Crippen LogP contribution in [0.15, 0.2) is 48.5 Å². The Bertz CT molecular complexity index is 616. The number of carbonyl (C=O) groups excluding carboxylic acids is 2. The highest BCUT2D eigenvalue weighted by molar-refractivity contribution is 6.04. The predicted molar refractivity (Wildman–Crippen MR) is 79.6 cm³/mol. The first-order chi connectivity index (χ1) is 9.54. The SMILES string of the molecule is [CH2]c1ccc(C(=O)Nc2ccc(NC(C)=O)cc2)cc1. The molecule has 0 saturated carbocycles. The van der Waals surface area contributed by atoms with Crippen molar-refractivity contribution in [1.82, 2.24) is 0 Å². The fourth-order valence-corrected chi connectivity index (χ4v) is 1.70. The number of anilines is 2. The molecule has 0 spiro atoms. The second kappa shape index (κ2) is 6.02. The lowest BCUT2D eigenvalue weighted by molar-refractivity contribution is -0.114.